The van der Waals surface area contributed by atoms with Crippen molar-refractivity contribution in [3.63, 3.8) is 0 Å². The Bertz CT molecular complexity index is 1370. The van der Waals surface area contributed by atoms with Gasteiger partial charge in [0.1, 0.15) is 24.9 Å². The Hall–Kier alpha value is -2.33. The van der Waals surface area contributed by atoms with Gasteiger partial charge in [-0.1, -0.05) is 17.3 Å². The Morgan fingerprint density at radius 3 is 2.45 bits per heavy atom. The molecule has 1 aromatic carbocycles. The van der Waals surface area contributed by atoms with Crippen molar-refractivity contribution in [2.75, 3.05) is 12.5 Å². The number of rotatable bonds is 9. The molecule has 0 aliphatic carbocycles. The molecule has 0 saturated carbocycles. The molecule has 1 aromatic heterocycles. The normalized spacial score (nSPS) is 24.4. The van der Waals surface area contributed by atoms with Gasteiger partial charge in [0, 0.05) is 19.3 Å². The largest absolute Gasteiger partial charge is 0.416 e. The molecule has 2 heterocycles. The van der Waals surface area contributed by atoms with Crippen molar-refractivity contribution in [1.82, 2.24) is 9.13 Å². The number of aliphatic hydroxyl groups excluding tert-OH is 2. The minimum Gasteiger partial charge on any atom is -0.389 e. The summed E-state index contributed by atoms with van der Waals surface area (Å²) in [7, 11) is -8.38. The average Bonchev–Trinajstić information content (AvgIpc) is 3.07. The van der Waals surface area contributed by atoms with Crippen LogP contribution < -0.4 is 11.2 Å². The Labute approximate surface area is 211 Å². The highest BCUT2D eigenvalue weighted by molar-refractivity contribution is 7.70. The summed E-state index contributed by atoms with van der Waals surface area (Å²) in [6.45, 7) is -1.16. The minimum atomic E-state index is -4.89. The summed E-state index contributed by atoms with van der Waals surface area (Å²) in [5, 5.41) is 24.3. The van der Waals surface area contributed by atoms with Gasteiger partial charge in [-0.15, -0.1) is 0 Å². The van der Waals surface area contributed by atoms with Crippen LogP contribution in [0.5, 0.6) is 0 Å². The molecule has 2 aromatic rings. The molecule has 38 heavy (non-hydrogen) atoms. The first-order valence-electron chi connectivity index (χ1n) is 10.6. The van der Waals surface area contributed by atoms with Gasteiger partial charge in [0.15, 0.2) is 17.6 Å². The maximum absolute atomic E-state index is 12.8. The van der Waals surface area contributed by atoms with Gasteiger partial charge in [-0.25, -0.2) is 4.79 Å². The van der Waals surface area contributed by atoms with E-state index in [1.54, 1.807) is 0 Å². The van der Waals surface area contributed by atoms with Gasteiger partial charge in [-0.2, -0.15) is 13.2 Å². The summed E-state index contributed by atoms with van der Waals surface area (Å²) >= 11 is 0. The van der Waals surface area contributed by atoms with Crippen molar-refractivity contribution in [2.24, 2.45) is 12.2 Å². The summed E-state index contributed by atoms with van der Waals surface area (Å²) in [5.74, 6) is -1.47. The van der Waals surface area contributed by atoms with E-state index >= 15 is 0 Å². The number of nitrogens with zero attached hydrogens (tertiary/aromatic N) is 3. The third kappa shape index (κ3) is 7.62. The number of alkyl halides is 3. The highest BCUT2D eigenvalue weighted by Gasteiger charge is 2.45. The molecule has 1 fully saturated rings. The molecule has 19 heteroatoms. The Balaban J connectivity index is 1.71. The van der Waals surface area contributed by atoms with Crippen LogP contribution in [-0.4, -0.2) is 64.8 Å². The van der Waals surface area contributed by atoms with Crippen LogP contribution in [0.25, 0.3) is 0 Å². The monoisotopic (exact) mass is 589 g/mol. The van der Waals surface area contributed by atoms with Crippen molar-refractivity contribution < 1.29 is 61.3 Å². The minimum absolute atomic E-state index is 0.0511. The van der Waals surface area contributed by atoms with E-state index in [9.17, 15) is 42.2 Å². The molecule has 5 atom stereocenters. The molecular weight excluding hydrogens is 565 g/mol. The lowest BCUT2D eigenvalue weighted by molar-refractivity contribution is -0.137. The van der Waals surface area contributed by atoms with E-state index in [-0.39, 0.29) is 17.7 Å². The molecule has 1 saturated heterocycles. The SMILES string of the molecule is Cn1c(=O)n([C@@H]2O[C@H](COP(=O)(O)CP(=O)(O)O)[C@@H](O)[C@H]2O)cc/c1=N/OCc1cccc(C(F)(F)F)c1. The Morgan fingerprint density at radius 1 is 1.13 bits per heavy atom. The van der Waals surface area contributed by atoms with E-state index < -0.39 is 69.7 Å². The summed E-state index contributed by atoms with van der Waals surface area (Å²) < 4.78 is 73.1. The Kier molecular flexibility index (Phi) is 9.08. The summed E-state index contributed by atoms with van der Waals surface area (Å²) in [6.07, 6.45) is -9.74. The van der Waals surface area contributed by atoms with Crippen LogP contribution in [0.1, 0.15) is 17.4 Å². The van der Waals surface area contributed by atoms with Crippen molar-refractivity contribution >= 4 is 15.2 Å². The van der Waals surface area contributed by atoms with Gasteiger partial charge in [0.2, 0.25) is 0 Å². The second-order valence-electron chi connectivity index (χ2n) is 8.27. The van der Waals surface area contributed by atoms with E-state index in [1.165, 1.54) is 25.2 Å². The third-order valence-corrected chi connectivity index (χ3v) is 8.75. The first kappa shape index (κ1) is 30.2. The summed E-state index contributed by atoms with van der Waals surface area (Å²) in [5.41, 5.74) is -1.56. The predicted octanol–water partition coefficient (Wildman–Crippen LogP) is 0.195. The zero-order valence-corrected chi connectivity index (χ0v) is 21.2. The maximum Gasteiger partial charge on any atom is 0.416 e. The first-order valence-corrected chi connectivity index (χ1v) is 14.2. The van der Waals surface area contributed by atoms with Crippen LogP contribution in [0, 0.1) is 0 Å². The molecule has 0 amide bonds. The van der Waals surface area contributed by atoms with Crippen molar-refractivity contribution in [2.45, 2.75) is 37.3 Å². The van der Waals surface area contributed by atoms with Crippen LogP contribution in [0.15, 0.2) is 46.5 Å². The molecule has 0 bridgehead atoms. The van der Waals surface area contributed by atoms with Gasteiger partial charge in [-0.3, -0.25) is 18.3 Å². The zero-order valence-electron chi connectivity index (χ0n) is 19.5. The smallest absolute Gasteiger partial charge is 0.389 e. The van der Waals surface area contributed by atoms with E-state index in [1.807, 2.05) is 0 Å². The molecule has 212 valence electrons. The lowest BCUT2D eigenvalue weighted by Crippen LogP contribution is -2.42. The van der Waals surface area contributed by atoms with Crippen LogP contribution in [-0.2, 0) is 43.1 Å². The molecular formula is C19H24F3N3O11P2. The fourth-order valence-electron chi connectivity index (χ4n) is 3.45. The quantitative estimate of drug-likeness (QED) is 0.197. The van der Waals surface area contributed by atoms with E-state index in [0.29, 0.717) is 0 Å². The van der Waals surface area contributed by atoms with Crippen LogP contribution in [0.3, 0.4) is 0 Å². The average molecular weight is 589 g/mol. The molecule has 0 radical (unpaired) electrons. The predicted molar refractivity (Wildman–Crippen MR) is 120 cm³/mol. The second kappa shape index (κ2) is 11.4. The molecule has 1 aliphatic heterocycles. The number of ether oxygens (including phenoxy) is 1. The molecule has 3 rings (SSSR count). The molecule has 1 aliphatic rings. The topological polar surface area (TPSA) is 202 Å². The fourth-order valence-corrected chi connectivity index (χ4v) is 6.02. The number of benzene rings is 1. The number of hydrogen-bond acceptors (Lipinski definition) is 9. The van der Waals surface area contributed by atoms with Crippen molar-refractivity contribution in [1.29, 1.82) is 0 Å². The van der Waals surface area contributed by atoms with Crippen molar-refractivity contribution in [3.05, 3.63) is 63.6 Å². The van der Waals surface area contributed by atoms with E-state index in [2.05, 4.69) is 9.68 Å². The van der Waals surface area contributed by atoms with Gasteiger partial charge < -0.3 is 39.0 Å². The maximum atomic E-state index is 12.8. The van der Waals surface area contributed by atoms with Gasteiger partial charge >= 0.3 is 27.1 Å². The highest BCUT2D eigenvalue weighted by atomic mass is 31.2. The standard InChI is InChI=1S/C19H24F3N3O11P2/c1-24-14(23-34-8-11-3-2-4-12(7-11)19(20,21)22)5-6-25(18(24)28)17-16(27)15(26)13(36-17)9-35-38(32,33)10-37(29,30)31/h2-7,13,15-17,26-27H,8-10H2,1H3,(H,32,33)(H2,29,30,31)/b23-14-/t13-,15-,16-,17-/m1/s1. The highest BCUT2D eigenvalue weighted by Crippen LogP contribution is 2.55. The summed E-state index contributed by atoms with van der Waals surface area (Å²) in [4.78, 5) is 45.1. The first-order chi connectivity index (χ1) is 17.5. The molecule has 0 spiro atoms. The van der Waals surface area contributed by atoms with Gasteiger partial charge in [0.25, 0.3) is 0 Å². The van der Waals surface area contributed by atoms with E-state index in [4.69, 9.17) is 19.4 Å². The number of aliphatic hydroxyl groups is 2. The van der Waals surface area contributed by atoms with Crippen LogP contribution in [0.2, 0.25) is 0 Å². The van der Waals surface area contributed by atoms with Gasteiger partial charge in [-0.05, 0) is 17.7 Å². The number of hydrogen-bond donors (Lipinski definition) is 5. The lowest BCUT2D eigenvalue weighted by atomic mass is 10.1. The molecule has 1 unspecified atom stereocenters. The summed E-state index contributed by atoms with van der Waals surface area (Å²) in [6, 6.07) is 5.65. The molecule has 5 N–H and O–H groups in total. The Morgan fingerprint density at radius 2 is 1.82 bits per heavy atom. The van der Waals surface area contributed by atoms with Crippen LogP contribution >= 0.6 is 15.2 Å². The van der Waals surface area contributed by atoms with Crippen LogP contribution in [0.4, 0.5) is 13.2 Å². The fraction of sp³-hybridized carbons (Fsp3) is 0.474. The third-order valence-electron chi connectivity index (χ3n) is 5.29. The molecule has 14 nitrogen and oxygen atoms in total. The number of halogens is 3. The number of aromatic nitrogens is 2. The van der Waals surface area contributed by atoms with E-state index in [0.717, 1.165) is 27.5 Å². The van der Waals surface area contributed by atoms with Gasteiger partial charge in [0.05, 0.1) is 12.2 Å². The second-order valence-corrected chi connectivity index (χ2v) is 12.3. The lowest BCUT2D eigenvalue weighted by Gasteiger charge is -2.19. The van der Waals surface area contributed by atoms with Crippen molar-refractivity contribution in [3.8, 4) is 0 Å². The zero-order chi connectivity index (χ0) is 28.5.